The number of hydrogen-bond acceptors (Lipinski definition) is 2. The summed E-state index contributed by atoms with van der Waals surface area (Å²) in [6, 6.07) is 0.986. The maximum Gasteiger partial charge on any atom is 0.304 e. The van der Waals surface area contributed by atoms with E-state index in [9.17, 15) is 9.90 Å². The lowest BCUT2D eigenvalue weighted by Gasteiger charge is -2.34. The quantitative estimate of drug-likeness (QED) is 0.140. The van der Waals surface area contributed by atoms with Gasteiger partial charge in [-0.15, -0.1) is 0 Å². The van der Waals surface area contributed by atoms with Crippen LogP contribution in [0, 0.1) is 0 Å². The van der Waals surface area contributed by atoms with E-state index in [4.69, 9.17) is 0 Å². The number of aliphatic carboxylic acids is 1. The molecule has 3 nitrogen and oxygen atoms in total. The molecule has 2 unspecified atom stereocenters. The summed E-state index contributed by atoms with van der Waals surface area (Å²) in [7, 11) is 0. The average molecular weight is 454 g/mol. The molecule has 1 N–H and O–H groups in total. The van der Waals surface area contributed by atoms with Crippen LogP contribution in [0.4, 0.5) is 0 Å². The smallest absolute Gasteiger partial charge is 0.304 e. The summed E-state index contributed by atoms with van der Waals surface area (Å²) in [4.78, 5) is 13.7. The van der Waals surface area contributed by atoms with Crippen molar-refractivity contribution >= 4 is 5.97 Å². The first kappa shape index (κ1) is 31.4. The van der Waals surface area contributed by atoms with Gasteiger partial charge in [0.2, 0.25) is 0 Å². The summed E-state index contributed by atoms with van der Waals surface area (Å²) in [6.45, 7) is 9.89. The van der Waals surface area contributed by atoms with E-state index in [1.807, 2.05) is 0 Å². The number of hydrogen-bond donors (Lipinski definition) is 1. The average Bonchev–Trinajstić information content (AvgIpc) is 2.76. The molecule has 0 aliphatic rings. The molecule has 3 heteroatoms. The van der Waals surface area contributed by atoms with Crippen LogP contribution in [0.15, 0.2) is 0 Å². The fourth-order valence-electron chi connectivity index (χ4n) is 4.93. The van der Waals surface area contributed by atoms with Gasteiger partial charge >= 0.3 is 5.97 Å². The summed E-state index contributed by atoms with van der Waals surface area (Å²) in [5.41, 5.74) is 0. The van der Waals surface area contributed by atoms with Crippen molar-refractivity contribution < 1.29 is 9.90 Å². The van der Waals surface area contributed by atoms with Crippen LogP contribution in [-0.4, -0.2) is 34.6 Å². The topological polar surface area (TPSA) is 40.5 Å². The Labute approximate surface area is 202 Å². The molecule has 32 heavy (non-hydrogen) atoms. The van der Waals surface area contributed by atoms with Crippen molar-refractivity contribution in [3.8, 4) is 0 Å². The Balaban J connectivity index is 4.04. The molecular weight excluding hydrogens is 394 g/mol. The van der Waals surface area contributed by atoms with Crippen molar-refractivity contribution in [2.75, 3.05) is 6.54 Å². The molecule has 0 radical (unpaired) electrons. The van der Waals surface area contributed by atoms with E-state index < -0.39 is 5.97 Å². The Morgan fingerprint density at radius 2 is 0.906 bits per heavy atom. The largest absolute Gasteiger partial charge is 0.481 e. The molecule has 0 heterocycles. The summed E-state index contributed by atoms with van der Waals surface area (Å²) >= 11 is 0. The first-order chi connectivity index (χ1) is 15.5. The summed E-state index contributed by atoms with van der Waals surface area (Å²) in [5.74, 6) is -0.666. The fourth-order valence-corrected chi connectivity index (χ4v) is 4.93. The molecule has 0 saturated carbocycles. The van der Waals surface area contributed by atoms with Gasteiger partial charge in [0, 0.05) is 18.6 Å². The minimum absolute atomic E-state index is 0.268. The second kappa shape index (κ2) is 23.6. The zero-order chi connectivity index (χ0) is 23.9. The Kier molecular flexibility index (Phi) is 23.2. The standard InChI is InChI=1S/C29H59NO2/c1-5-7-9-11-13-15-17-19-21-23-27(3)30(26-25-29(31)32)28(4)24-22-20-18-16-14-12-10-8-6-2/h27-28H,5-26H2,1-4H3,(H,31,32). The fraction of sp³-hybridized carbons (Fsp3) is 0.966. The third kappa shape index (κ3) is 20.1. The number of carbonyl (C=O) groups is 1. The van der Waals surface area contributed by atoms with Gasteiger partial charge in [-0.1, -0.05) is 129 Å². The molecule has 0 aliphatic heterocycles. The Bertz CT molecular complexity index is 371. The second-order valence-electron chi connectivity index (χ2n) is 10.3. The summed E-state index contributed by atoms with van der Waals surface area (Å²) in [6.07, 6.45) is 27.3. The van der Waals surface area contributed by atoms with Crippen LogP contribution in [0.3, 0.4) is 0 Å². The minimum Gasteiger partial charge on any atom is -0.481 e. The highest BCUT2D eigenvalue weighted by Gasteiger charge is 2.20. The van der Waals surface area contributed by atoms with Crippen LogP contribution >= 0.6 is 0 Å². The molecule has 0 aromatic carbocycles. The van der Waals surface area contributed by atoms with Gasteiger partial charge in [0.1, 0.15) is 0 Å². The van der Waals surface area contributed by atoms with Gasteiger partial charge in [0.15, 0.2) is 0 Å². The van der Waals surface area contributed by atoms with Crippen LogP contribution in [0.25, 0.3) is 0 Å². The molecule has 0 spiro atoms. The highest BCUT2D eigenvalue weighted by molar-refractivity contribution is 5.66. The van der Waals surface area contributed by atoms with E-state index in [1.54, 1.807) is 0 Å². The first-order valence-electron chi connectivity index (χ1n) is 14.5. The predicted molar refractivity (Wildman–Crippen MR) is 142 cm³/mol. The minimum atomic E-state index is -0.666. The van der Waals surface area contributed by atoms with Crippen LogP contribution in [0.1, 0.15) is 163 Å². The van der Waals surface area contributed by atoms with Gasteiger partial charge in [-0.2, -0.15) is 0 Å². The van der Waals surface area contributed by atoms with Crippen LogP contribution in [0.5, 0.6) is 0 Å². The van der Waals surface area contributed by atoms with E-state index in [0.717, 1.165) is 0 Å². The number of carboxylic acids is 1. The predicted octanol–water partition coefficient (Wildman–Crippen LogP) is 9.38. The molecule has 0 saturated heterocycles. The monoisotopic (exact) mass is 453 g/mol. The van der Waals surface area contributed by atoms with E-state index in [2.05, 4.69) is 32.6 Å². The highest BCUT2D eigenvalue weighted by Crippen LogP contribution is 2.19. The third-order valence-corrected chi connectivity index (χ3v) is 7.17. The van der Waals surface area contributed by atoms with Gasteiger partial charge in [-0.25, -0.2) is 0 Å². The molecule has 0 rings (SSSR count). The molecule has 0 aromatic rings. The molecular formula is C29H59NO2. The lowest BCUT2D eigenvalue weighted by molar-refractivity contribution is -0.137. The number of carboxylic acid groups (broad SMARTS) is 1. The van der Waals surface area contributed by atoms with Crippen LogP contribution < -0.4 is 0 Å². The van der Waals surface area contributed by atoms with Crippen molar-refractivity contribution in [1.82, 2.24) is 4.90 Å². The van der Waals surface area contributed by atoms with Gasteiger partial charge in [-0.05, 0) is 26.7 Å². The van der Waals surface area contributed by atoms with E-state index in [-0.39, 0.29) is 6.42 Å². The third-order valence-electron chi connectivity index (χ3n) is 7.17. The lowest BCUT2D eigenvalue weighted by atomic mass is 10.0. The van der Waals surface area contributed by atoms with Crippen molar-refractivity contribution in [1.29, 1.82) is 0 Å². The van der Waals surface area contributed by atoms with Crippen LogP contribution in [0.2, 0.25) is 0 Å². The van der Waals surface area contributed by atoms with Crippen LogP contribution in [-0.2, 0) is 4.79 Å². The van der Waals surface area contributed by atoms with Crippen molar-refractivity contribution in [2.24, 2.45) is 0 Å². The van der Waals surface area contributed by atoms with E-state index in [0.29, 0.717) is 18.6 Å². The van der Waals surface area contributed by atoms with E-state index in [1.165, 1.54) is 128 Å². The maximum atomic E-state index is 11.2. The Morgan fingerprint density at radius 3 is 1.22 bits per heavy atom. The molecule has 0 fully saturated rings. The second-order valence-corrected chi connectivity index (χ2v) is 10.3. The highest BCUT2D eigenvalue weighted by atomic mass is 16.4. The Hall–Kier alpha value is -0.570. The lowest BCUT2D eigenvalue weighted by Crippen LogP contribution is -2.41. The Morgan fingerprint density at radius 1 is 0.594 bits per heavy atom. The molecule has 192 valence electrons. The summed E-state index contributed by atoms with van der Waals surface area (Å²) in [5, 5.41) is 9.20. The van der Waals surface area contributed by atoms with E-state index >= 15 is 0 Å². The zero-order valence-corrected chi connectivity index (χ0v) is 22.5. The normalized spacial score (nSPS) is 13.5. The van der Waals surface area contributed by atoms with Gasteiger partial charge in [0.05, 0.1) is 6.42 Å². The van der Waals surface area contributed by atoms with Crippen molar-refractivity contribution in [3.63, 3.8) is 0 Å². The molecule has 0 aromatic heterocycles. The maximum absolute atomic E-state index is 11.2. The SMILES string of the molecule is CCCCCCCCCCCC(C)N(CCC(=O)O)C(C)CCCCCCCCCCC. The van der Waals surface area contributed by atoms with Crippen molar-refractivity contribution in [3.05, 3.63) is 0 Å². The van der Waals surface area contributed by atoms with Crippen molar-refractivity contribution in [2.45, 2.75) is 175 Å². The van der Waals surface area contributed by atoms with Gasteiger partial charge in [0.25, 0.3) is 0 Å². The molecule has 0 bridgehead atoms. The first-order valence-corrected chi connectivity index (χ1v) is 14.5. The molecule has 0 aliphatic carbocycles. The number of unbranched alkanes of at least 4 members (excludes halogenated alkanes) is 16. The van der Waals surface area contributed by atoms with Gasteiger partial charge in [-0.3, -0.25) is 9.69 Å². The number of nitrogens with zero attached hydrogens (tertiary/aromatic N) is 1. The zero-order valence-electron chi connectivity index (χ0n) is 22.5. The van der Waals surface area contributed by atoms with Gasteiger partial charge < -0.3 is 5.11 Å². The molecule has 0 amide bonds. The molecule has 2 atom stereocenters. The summed E-state index contributed by atoms with van der Waals surface area (Å²) < 4.78 is 0. The number of rotatable bonds is 25.